The predicted octanol–water partition coefficient (Wildman–Crippen LogP) is 4.92. The van der Waals surface area contributed by atoms with Crippen LogP contribution in [-0.2, 0) is 31.3 Å². The fourth-order valence-electron chi connectivity index (χ4n) is 5.91. The molecule has 12 heteroatoms. The lowest BCUT2D eigenvalue weighted by molar-refractivity contribution is -0.135. The summed E-state index contributed by atoms with van der Waals surface area (Å²) in [4.78, 5) is 22.6. The Bertz CT molecular complexity index is 2110. The molecule has 5 aromatic rings. The van der Waals surface area contributed by atoms with Crippen molar-refractivity contribution in [3.63, 3.8) is 0 Å². The summed E-state index contributed by atoms with van der Waals surface area (Å²) in [5.41, 5.74) is 3.05. The Labute approximate surface area is 281 Å². The number of carbonyl (C=O) groups excluding carboxylic acids is 1. The summed E-state index contributed by atoms with van der Waals surface area (Å²) >= 11 is 0. The topological polar surface area (TPSA) is 120 Å². The monoisotopic (exact) mass is 683 g/mol. The number of nitrogens with zero attached hydrogens (tertiary/aromatic N) is 4. The summed E-state index contributed by atoms with van der Waals surface area (Å²) in [6, 6.07) is 28.8. The van der Waals surface area contributed by atoms with Crippen molar-refractivity contribution in [2.24, 2.45) is 0 Å². The van der Waals surface area contributed by atoms with Crippen LogP contribution in [0.4, 0.5) is 11.4 Å². The second-order valence-corrected chi connectivity index (χ2v) is 15.5. The third-order valence-electron chi connectivity index (χ3n) is 8.70. The van der Waals surface area contributed by atoms with E-state index in [1.54, 1.807) is 90.1 Å². The van der Waals surface area contributed by atoms with Gasteiger partial charge in [0.1, 0.15) is 6.04 Å². The second kappa shape index (κ2) is 13.8. The number of para-hydroxylation sites is 1. The van der Waals surface area contributed by atoms with Crippen LogP contribution in [-0.4, -0.2) is 76.2 Å². The highest BCUT2D eigenvalue weighted by atomic mass is 32.2. The summed E-state index contributed by atoms with van der Waals surface area (Å²) in [6.45, 7) is 4.00. The van der Waals surface area contributed by atoms with Gasteiger partial charge in [0.25, 0.3) is 10.0 Å². The minimum atomic E-state index is -4.13. The van der Waals surface area contributed by atoms with Gasteiger partial charge >= 0.3 is 0 Å². The third kappa shape index (κ3) is 7.05. The number of carbonyl (C=O) groups is 1. The van der Waals surface area contributed by atoms with Crippen molar-refractivity contribution < 1.29 is 21.6 Å². The van der Waals surface area contributed by atoms with Crippen LogP contribution < -0.4 is 9.62 Å². The van der Waals surface area contributed by atoms with Crippen molar-refractivity contribution in [2.75, 3.05) is 42.8 Å². The van der Waals surface area contributed by atoms with Crippen molar-refractivity contribution in [1.29, 1.82) is 0 Å². The zero-order valence-corrected chi connectivity index (χ0v) is 28.4. The zero-order valence-electron chi connectivity index (χ0n) is 26.7. The van der Waals surface area contributed by atoms with Gasteiger partial charge in [-0.05, 0) is 67.4 Å². The minimum Gasteiger partial charge on any atom is -0.368 e. The molecule has 48 heavy (non-hydrogen) atoms. The first kappa shape index (κ1) is 33.1. The molecule has 0 spiro atoms. The molecule has 1 N–H and O–H groups in total. The number of amides is 1. The molecule has 1 fully saturated rings. The van der Waals surface area contributed by atoms with Crippen LogP contribution >= 0.6 is 0 Å². The molecule has 1 aromatic heterocycles. The van der Waals surface area contributed by atoms with Crippen LogP contribution in [0.2, 0.25) is 0 Å². The number of hydrogen-bond acceptors (Lipinski definition) is 7. The number of aryl methyl sites for hydroxylation is 1. The van der Waals surface area contributed by atoms with Gasteiger partial charge in [-0.25, -0.2) is 16.8 Å². The Kier molecular flexibility index (Phi) is 9.49. The SMILES string of the molecule is Cc1ccc(S(=O)(=O)Nc2ccc(CC(C(=O)N3CCN(c4ccccc4)CC3)N(C)S(=O)(=O)c3cccc4cnccc34)cc2)cc1. The number of piperazine rings is 1. The summed E-state index contributed by atoms with van der Waals surface area (Å²) in [5.74, 6) is -0.292. The van der Waals surface area contributed by atoms with Crippen molar-refractivity contribution in [2.45, 2.75) is 29.2 Å². The van der Waals surface area contributed by atoms with Gasteiger partial charge < -0.3 is 9.80 Å². The standard InChI is InChI=1S/C36H37N5O5S2/c1-27-11-17-32(18-12-27)47(43,44)38-30-15-13-28(14-16-30)25-34(36(42)41-23-21-40(22-24-41)31-8-4-3-5-9-31)39(2)48(45,46)35-10-6-7-29-26-37-20-19-33(29)35/h3-20,26,34,38H,21-25H2,1-2H3. The van der Waals surface area contributed by atoms with Crippen molar-refractivity contribution in [3.8, 4) is 0 Å². The summed E-state index contributed by atoms with van der Waals surface area (Å²) in [6.07, 6.45) is 3.24. The molecule has 248 valence electrons. The minimum absolute atomic E-state index is 0.0881. The van der Waals surface area contributed by atoms with E-state index in [0.29, 0.717) is 48.2 Å². The first-order valence-electron chi connectivity index (χ1n) is 15.6. The molecule has 1 atom stereocenters. The van der Waals surface area contributed by atoms with Crippen molar-refractivity contribution >= 4 is 48.1 Å². The van der Waals surface area contributed by atoms with Gasteiger partial charge in [-0.1, -0.05) is 60.2 Å². The summed E-state index contributed by atoms with van der Waals surface area (Å²) in [7, 11) is -6.49. The highest BCUT2D eigenvalue weighted by molar-refractivity contribution is 7.92. The molecular formula is C36H37N5O5S2. The second-order valence-electron chi connectivity index (χ2n) is 11.9. The van der Waals surface area contributed by atoms with Gasteiger partial charge in [-0.2, -0.15) is 4.31 Å². The fourth-order valence-corrected chi connectivity index (χ4v) is 8.49. The van der Waals surface area contributed by atoms with E-state index in [1.807, 2.05) is 37.3 Å². The van der Waals surface area contributed by atoms with E-state index >= 15 is 0 Å². The Morgan fingerprint density at radius 3 is 2.21 bits per heavy atom. The van der Waals surface area contributed by atoms with Crippen LogP contribution in [0.25, 0.3) is 10.8 Å². The van der Waals surface area contributed by atoms with E-state index in [0.717, 1.165) is 11.3 Å². The number of benzene rings is 4. The molecule has 0 radical (unpaired) electrons. The molecule has 6 rings (SSSR count). The molecular weight excluding hydrogens is 647 g/mol. The maximum absolute atomic E-state index is 14.3. The first-order valence-corrected chi connectivity index (χ1v) is 18.5. The highest BCUT2D eigenvalue weighted by Crippen LogP contribution is 2.28. The van der Waals surface area contributed by atoms with E-state index in [4.69, 9.17) is 0 Å². The lowest BCUT2D eigenvalue weighted by atomic mass is 10.0. The van der Waals surface area contributed by atoms with Gasteiger partial charge in [0.2, 0.25) is 15.9 Å². The van der Waals surface area contributed by atoms with Gasteiger partial charge in [0.05, 0.1) is 9.79 Å². The first-order chi connectivity index (χ1) is 23.0. The lowest BCUT2D eigenvalue weighted by Gasteiger charge is -2.39. The molecule has 2 heterocycles. The fraction of sp³-hybridized carbons (Fsp3) is 0.222. The third-order valence-corrected chi connectivity index (χ3v) is 12.0. The van der Waals surface area contributed by atoms with E-state index in [1.165, 1.54) is 11.4 Å². The molecule has 1 unspecified atom stereocenters. The van der Waals surface area contributed by atoms with E-state index < -0.39 is 26.1 Å². The van der Waals surface area contributed by atoms with Gasteiger partial charge in [-0.15, -0.1) is 0 Å². The molecule has 1 aliphatic rings. The average molecular weight is 684 g/mol. The Morgan fingerprint density at radius 1 is 0.833 bits per heavy atom. The lowest BCUT2D eigenvalue weighted by Crippen LogP contribution is -2.56. The number of hydrogen-bond donors (Lipinski definition) is 1. The molecule has 4 aromatic carbocycles. The van der Waals surface area contributed by atoms with Gasteiger partial charge in [-0.3, -0.25) is 14.5 Å². The molecule has 1 aliphatic heterocycles. The van der Waals surface area contributed by atoms with Crippen molar-refractivity contribution in [1.82, 2.24) is 14.2 Å². The largest absolute Gasteiger partial charge is 0.368 e. The van der Waals surface area contributed by atoms with Crippen LogP contribution in [0.15, 0.2) is 125 Å². The smallest absolute Gasteiger partial charge is 0.261 e. The van der Waals surface area contributed by atoms with E-state index in [2.05, 4.69) is 14.6 Å². The van der Waals surface area contributed by atoms with Crippen LogP contribution in [0.3, 0.4) is 0 Å². The summed E-state index contributed by atoms with van der Waals surface area (Å²) in [5, 5.41) is 1.20. The van der Waals surface area contributed by atoms with E-state index in [9.17, 15) is 21.6 Å². The molecule has 0 bridgehead atoms. The van der Waals surface area contributed by atoms with E-state index in [-0.39, 0.29) is 22.1 Å². The number of sulfonamides is 2. The van der Waals surface area contributed by atoms with Crippen molar-refractivity contribution in [3.05, 3.63) is 127 Å². The average Bonchev–Trinajstić information content (AvgIpc) is 3.11. The zero-order chi connectivity index (χ0) is 33.9. The number of likely N-dealkylation sites (N-methyl/N-ethyl adjacent to an activating group) is 1. The number of aromatic nitrogens is 1. The number of rotatable bonds is 10. The molecule has 0 saturated carbocycles. The number of fused-ring (bicyclic) bond motifs is 1. The Balaban J connectivity index is 1.26. The Morgan fingerprint density at radius 2 is 1.52 bits per heavy atom. The number of nitrogens with one attached hydrogen (secondary N) is 1. The quantitative estimate of drug-likeness (QED) is 0.222. The molecule has 1 saturated heterocycles. The number of anilines is 2. The number of pyridine rings is 1. The Hall–Kier alpha value is -4.78. The highest BCUT2D eigenvalue weighted by Gasteiger charge is 2.37. The van der Waals surface area contributed by atoms with Crippen LogP contribution in [0, 0.1) is 6.92 Å². The molecule has 1 amide bonds. The van der Waals surface area contributed by atoms with Gasteiger partial charge in [0.15, 0.2) is 0 Å². The predicted molar refractivity (Wildman–Crippen MR) is 188 cm³/mol. The molecule has 0 aliphatic carbocycles. The molecule has 10 nitrogen and oxygen atoms in total. The van der Waals surface area contributed by atoms with Crippen LogP contribution in [0.1, 0.15) is 11.1 Å². The van der Waals surface area contributed by atoms with Crippen LogP contribution in [0.5, 0.6) is 0 Å². The maximum Gasteiger partial charge on any atom is 0.261 e. The summed E-state index contributed by atoms with van der Waals surface area (Å²) < 4.78 is 58.1. The normalized spacial score (nSPS) is 14.6. The van der Waals surface area contributed by atoms with Gasteiger partial charge in [0, 0.05) is 67.8 Å². The maximum atomic E-state index is 14.3.